The number of ether oxygens (including phenoxy) is 2. The van der Waals surface area contributed by atoms with E-state index in [9.17, 15) is 12.8 Å². The molecule has 234 valence electrons. The third-order valence-corrected chi connectivity index (χ3v) is 10.8. The number of hydrogen-bond donors (Lipinski definition) is 0. The molecule has 0 bridgehead atoms. The second-order valence-electron chi connectivity index (χ2n) is 12.1. The van der Waals surface area contributed by atoms with Crippen LogP contribution < -0.4 is 4.74 Å². The van der Waals surface area contributed by atoms with Crippen molar-refractivity contribution in [3.05, 3.63) is 83.2 Å². The van der Waals surface area contributed by atoms with Crippen LogP contribution in [0.1, 0.15) is 55.8 Å². The number of aryl methyl sites for hydroxylation is 1. The molecule has 1 spiro atoms. The Morgan fingerprint density at radius 2 is 1.89 bits per heavy atom. The molecule has 3 aromatic rings. The zero-order valence-corrected chi connectivity index (χ0v) is 26.3. The van der Waals surface area contributed by atoms with E-state index in [0.29, 0.717) is 43.3 Å². The van der Waals surface area contributed by atoms with Crippen molar-refractivity contribution in [1.29, 1.82) is 0 Å². The summed E-state index contributed by atoms with van der Waals surface area (Å²) in [5.41, 5.74) is 3.09. The van der Waals surface area contributed by atoms with Crippen LogP contribution in [0.5, 0.6) is 5.75 Å². The van der Waals surface area contributed by atoms with Gasteiger partial charge >= 0.3 is 0 Å². The van der Waals surface area contributed by atoms with E-state index in [1.54, 1.807) is 25.6 Å². The summed E-state index contributed by atoms with van der Waals surface area (Å²) in [5.74, 6) is 1.04. The first-order valence-electron chi connectivity index (χ1n) is 15.1. The van der Waals surface area contributed by atoms with Gasteiger partial charge in [0.05, 0.1) is 30.6 Å². The maximum Gasteiger partial charge on any atom is 0.238 e. The molecule has 2 saturated heterocycles. The monoisotopic (exact) mass is 622 g/mol. The predicted molar refractivity (Wildman–Crippen MR) is 167 cm³/mol. The van der Waals surface area contributed by atoms with Gasteiger partial charge in [-0.1, -0.05) is 30.3 Å². The van der Waals surface area contributed by atoms with E-state index in [-0.39, 0.29) is 29.2 Å². The highest BCUT2D eigenvalue weighted by molar-refractivity contribution is 7.91. The van der Waals surface area contributed by atoms with Crippen LogP contribution in [0.15, 0.2) is 65.7 Å². The summed E-state index contributed by atoms with van der Waals surface area (Å²) in [7, 11) is -1.68. The number of methoxy groups -OCH3 is 1. The number of amidine groups is 1. The molecule has 3 aliphatic heterocycles. The van der Waals surface area contributed by atoms with Crippen LogP contribution >= 0.6 is 0 Å². The zero-order valence-electron chi connectivity index (χ0n) is 25.5. The fourth-order valence-electron chi connectivity index (χ4n) is 6.65. The summed E-state index contributed by atoms with van der Waals surface area (Å²) in [5, 5.41) is 4.63. The first kappa shape index (κ1) is 30.3. The van der Waals surface area contributed by atoms with Gasteiger partial charge in [-0.2, -0.15) is 0 Å². The van der Waals surface area contributed by atoms with Crippen LogP contribution in [0.4, 0.5) is 4.39 Å². The van der Waals surface area contributed by atoms with E-state index in [4.69, 9.17) is 14.3 Å². The van der Waals surface area contributed by atoms with Gasteiger partial charge in [0.25, 0.3) is 0 Å². The van der Waals surface area contributed by atoms with E-state index in [0.717, 1.165) is 41.8 Å². The number of fused-ring (bicyclic) bond motifs is 1. The Kier molecular flexibility index (Phi) is 8.27. The Morgan fingerprint density at radius 1 is 1.11 bits per heavy atom. The van der Waals surface area contributed by atoms with Gasteiger partial charge in [0.2, 0.25) is 5.72 Å². The quantitative estimate of drug-likeness (QED) is 0.306. The highest BCUT2D eigenvalue weighted by atomic mass is 32.2. The Hall–Kier alpha value is -3.70. The second-order valence-corrected chi connectivity index (χ2v) is 14.4. The average molecular weight is 623 g/mol. The lowest BCUT2D eigenvalue weighted by Gasteiger charge is -2.49. The van der Waals surface area contributed by atoms with Gasteiger partial charge in [-0.25, -0.2) is 17.8 Å². The lowest BCUT2D eigenvalue weighted by Crippen LogP contribution is -2.56. The highest BCUT2D eigenvalue weighted by Gasteiger charge is 2.55. The third-order valence-electron chi connectivity index (χ3n) is 8.97. The molecule has 11 heteroatoms. The van der Waals surface area contributed by atoms with Crippen LogP contribution in [-0.4, -0.2) is 67.1 Å². The third kappa shape index (κ3) is 5.87. The molecule has 1 unspecified atom stereocenters. The second kappa shape index (κ2) is 12.0. The molecule has 0 radical (unpaired) electrons. The van der Waals surface area contributed by atoms with Crippen LogP contribution in [0.3, 0.4) is 0 Å². The van der Waals surface area contributed by atoms with Crippen LogP contribution in [-0.2, 0) is 25.1 Å². The molecule has 3 aliphatic rings. The van der Waals surface area contributed by atoms with Crippen molar-refractivity contribution in [2.24, 2.45) is 10.6 Å². The Bertz CT molecular complexity index is 1680. The van der Waals surface area contributed by atoms with Crippen molar-refractivity contribution < 1.29 is 27.1 Å². The van der Waals surface area contributed by atoms with Gasteiger partial charge in [0, 0.05) is 43.7 Å². The predicted octanol–water partition coefficient (Wildman–Crippen LogP) is 5.63. The average Bonchev–Trinajstić information content (AvgIpc) is 3.61. The van der Waals surface area contributed by atoms with E-state index >= 15 is 0 Å². The first-order chi connectivity index (χ1) is 21.2. The molecule has 2 fully saturated rings. The number of rotatable bonds is 9. The van der Waals surface area contributed by atoms with Crippen molar-refractivity contribution >= 4 is 21.7 Å². The van der Waals surface area contributed by atoms with Gasteiger partial charge in [0.1, 0.15) is 11.6 Å². The molecule has 0 amide bonds. The normalized spacial score (nSPS) is 22.1. The first-order valence-corrected chi connectivity index (χ1v) is 17.0. The van der Waals surface area contributed by atoms with E-state index in [1.165, 1.54) is 12.1 Å². The molecule has 44 heavy (non-hydrogen) atoms. The Labute approximate surface area is 258 Å². The largest absolute Gasteiger partial charge is 0.495 e. The SMILES string of the molecule is CCCS(=O)(=O)CCC1(c2ccc(F)cc2)ON=C2C(=Cc3ccc(-n4cnc(C)c4)c(OC)c3)CC3(CCOCC3)CN21. The summed E-state index contributed by atoms with van der Waals surface area (Å²) in [6, 6.07) is 12.2. The summed E-state index contributed by atoms with van der Waals surface area (Å²) >= 11 is 0. The van der Waals surface area contributed by atoms with Gasteiger partial charge < -0.3 is 23.8 Å². The molecule has 6 rings (SSSR count). The molecule has 1 atom stereocenters. The maximum absolute atomic E-state index is 14.1. The molecule has 0 N–H and O–H groups in total. The topological polar surface area (TPSA) is 95.3 Å². The van der Waals surface area contributed by atoms with Crippen LogP contribution in [0.2, 0.25) is 0 Å². The van der Waals surface area contributed by atoms with Crippen LogP contribution in [0.25, 0.3) is 11.8 Å². The fourth-order valence-corrected chi connectivity index (χ4v) is 8.07. The molecule has 2 aromatic carbocycles. The van der Waals surface area contributed by atoms with E-state index < -0.39 is 15.6 Å². The van der Waals surface area contributed by atoms with Gasteiger partial charge in [-0.15, -0.1) is 0 Å². The van der Waals surface area contributed by atoms with Gasteiger partial charge in [-0.3, -0.25) is 0 Å². The van der Waals surface area contributed by atoms with Crippen molar-refractivity contribution in [2.75, 3.05) is 38.4 Å². The molecule has 9 nitrogen and oxygen atoms in total. The maximum atomic E-state index is 14.1. The standard InChI is InChI=1S/C33H39FN4O5S/c1-4-16-44(39,40)17-13-33(27-6-8-28(34)9-7-27)38-22-32(11-14-42-15-12-32)20-26(31(38)36-43-33)18-25-5-10-29(30(19-25)41-3)37-21-24(2)35-23-37/h5-10,18-19,21,23H,4,11-17,20,22H2,1-3H3. The molecule has 0 saturated carbocycles. The smallest absolute Gasteiger partial charge is 0.238 e. The minimum atomic E-state index is -3.33. The van der Waals surface area contributed by atoms with Crippen molar-refractivity contribution in [1.82, 2.24) is 14.5 Å². The van der Waals surface area contributed by atoms with Crippen molar-refractivity contribution in [3.63, 3.8) is 0 Å². The molecular formula is C33H39FN4O5S. The molecule has 4 heterocycles. The fraction of sp³-hybridized carbons (Fsp3) is 0.455. The summed E-state index contributed by atoms with van der Waals surface area (Å²) in [4.78, 5) is 12.8. The summed E-state index contributed by atoms with van der Waals surface area (Å²) in [6.07, 6.45) is 9.01. The van der Waals surface area contributed by atoms with Gasteiger partial charge in [-0.05, 0) is 79.5 Å². The summed E-state index contributed by atoms with van der Waals surface area (Å²) < 4.78 is 53.5. The number of halogens is 1. The number of piperidine rings is 1. The number of nitrogens with zero attached hydrogens (tertiary/aromatic N) is 4. The number of oxime groups is 1. The lowest BCUT2D eigenvalue weighted by molar-refractivity contribution is -0.127. The Balaban J connectivity index is 1.42. The van der Waals surface area contributed by atoms with E-state index in [2.05, 4.69) is 21.1 Å². The van der Waals surface area contributed by atoms with Crippen molar-refractivity contribution in [3.8, 4) is 11.4 Å². The van der Waals surface area contributed by atoms with Crippen molar-refractivity contribution in [2.45, 2.75) is 51.7 Å². The highest BCUT2D eigenvalue weighted by Crippen LogP contribution is 2.50. The Morgan fingerprint density at radius 3 is 2.57 bits per heavy atom. The molecule has 1 aromatic heterocycles. The van der Waals surface area contributed by atoms with Gasteiger partial charge in [0.15, 0.2) is 15.7 Å². The minimum absolute atomic E-state index is 0.0704. The number of sulfone groups is 1. The zero-order chi connectivity index (χ0) is 31.0. The molecule has 0 aliphatic carbocycles. The number of benzene rings is 2. The number of hydrogen-bond acceptors (Lipinski definition) is 8. The van der Waals surface area contributed by atoms with Crippen LogP contribution in [0, 0.1) is 18.2 Å². The number of aromatic nitrogens is 2. The lowest BCUT2D eigenvalue weighted by atomic mass is 9.71. The van der Waals surface area contributed by atoms with E-state index in [1.807, 2.05) is 42.8 Å². The number of imidazole rings is 1. The summed E-state index contributed by atoms with van der Waals surface area (Å²) in [6.45, 7) is 5.72. The molecular weight excluding hydrogens is 583 g/mol. The minimum Gasteiger partial charge on any atom is -0.495 e.